The zero-order valence-electron chi connectivity index (χ0n) is 11.4. The quantitative estimate of drug-likeness (QED) is 0.860. The molecule has 1 amide bonds. The van der Waals surface area contributed by atoms with E-state index in [1.165, 1.54) is 46.2 Å². The van der Waals surface area contributed by atoms with Crippen molar-refractivity contribution >= 4 is 28.6 Å². The standard InChI is InChI=1S/C15H18N2OS2/c18-15(13-7-4-10-19-13)16-9-3-8-14-17-11-5-1-2-6-12(11)20-14/h4,7,10H,1-3,5-6,8-9H2,(H,16,18). The van der Waals surface area contributed by atoms with Crippen molar-refractivity contribution in [1.82, 2.24) is 10.3 Å². The van der Waals surface area contributed by atoms with E-state index < -0.39 is 0 Å². The summed E-state index contributed by atoms with van der Waals surface area (Å²) in [6.45, 7) is 0.723. The van der Waals surface area contributed by atoms with Crippen LogP contribution >= 0.6 is 22.7 Å². The first-order valence-corrected chi connectivity index (χ1v) is 8.82. The van der Waals surface area contributed by atoms with Gasteiger partial charge in [0.25, 0.3) is 5.91 Å². The van der Waals surface area contributed by atoms with E-state index in [-0.39, 0.29) is 5.91 Å². The summed E-state index contributed by atoms with van der Waals surface area (Å²) in [6.07, 6.45) is 6.90. The van der Waals surface area contributed by atoms with Crippen LogP contribution in [0.1, 0.15) is 44.5 Å². The van der Waals surface area contributed by atoms with Crippen molar-refractivity contribution in [2.75, 3.05) is 6.54 Å². The third-order valence-electron chi connectivity index (χ3n) is 3.49. The molecule has 2 heterocycles. The highest BCUT2D eigenvalue weighted by Crippen LogP contribution is 2.27. The van der Waals surface area contributed by atoms with E-state index in [1.807, 2.05) is 28.8 Å². The minimum absolute atomic E-state index is 0.0402. The van der Waals surface area contributed by atoms with Gasteiger partial charge in [-0.3, -0.25) is 4.79 Å². The van der Waals surface area contributed by atoms with Crippen LogP contribution in [0.15, 0.2) is 17.5 Å². The van der Waals surface area contributed by atoms with Crippen LogP contribution in [-0.4, -0.2) is 17.4 Å². The SMILES string of the molecule is O=C(NCCCc1nc2c(s1)CCCC2)c1cccs1. The summed E-state index contributed by atoms with van der Waals surface area (Å²) in [5, 5.41) is 6.13. The van der Waals surface area contributed by atoms with Crippen LogP contribution in [-0.2, 0) is 19.3 Å². The van der Waals surface area contributed by atoms with E-state index in [4.69, 9.17) is 4.98 Å². The van der Waals surface area contributed by atoms with Crippen molar-refractivity contribution in [2.45, 2.75) is 38.5 Å². The number of carbonyl (C=O) groups is 1. The van der Waals surface area contributed by atoms with E-state index in [1.54, 1.807) is 0 Å². The molecule has 3 rings (SSSR count). The molecule has 0 saturated heterocycles. The van der Waals surface area contributed by atoms with Gasteiger partial charge in [0, 0.05) is 17.8 Å². The number of hydrogen-bond donors (Lipinski definition) is 1. The zero-order chi connectivity index (χ0) is 13.8. The molecule has 1 N–H and O–H groups in total. The van der Waals surface area contributed by atoms with E-state index >= 15 is 0 Å². The maximum atomic E-state index is 11.8. The van der Waals surface area contributed by atoms with Crippen LogP contribution in [0.5, 0.6) is 0 Å². The monoisotopic (exact) mass is 306 g/mol. The summed E-state index contributed by atoms with van der Waals surface area (Å²) >= 11 is 3.35. The maximum Gasteiger partial charge on any atom is 0.261 e. The lowest BCUT2D eigenvalue weighted by Gasteiger charge is -2.06. The third kappa shape index (κ3) is 3.27. The van der Waals surface area contributed by atoms with Gasteiger partial charge < -0.3 is 5.32 Å². The first-order valence-electron chi connectivity index (χ1n) is 7.12. The van der Waals surface area contributed by atoms with Gasteiger partial charge in [-0.2, -0.15) is 0 Å². The second kappa shape index (κ2) is 6.50. The van der Waals surface area contributed by atoms with Crippen LogP contribution in [0, 0.1) is 0 Å². The van der Waals surface area contributed by atoms with Crippen LogP contribution < -0.4 is 5.32 Å². The molecule has 2 aromatic heterocycles. The molecule has 0 aliphatic heterocycles. The highest BCUT2D eigenvalue weighted by molar-refractivity contribution is 7.12. The minimum atomic E-state index is 0.0402. The molecule has 2 aromatic rings. The Balaban J connectivity index is 1.44. The number of thiophene rings is 1. The normalized spacial score (nSPS) is 14.0. The van der Waals surface area contributed by atoms with Gasteiger partial charge in [0.1, 0.15) is 0 Å². The Kier molecular flexibility index (Phi) is 4.47. The Morgan fingerprint density at radius 3 is 3.05 bits per heavy atom. The van der Waals surface area contributed by atoms with Gasteiger partial charge in [-0.1, -0.05) is 6.07 Å². The van der Waals surface area contributed by atoms with Crippen LogP contribution in [0.2, 0.25) is 0 Å². The van der Waals surface area contributed by atoms with Crippen molar-refractivity contribution in [3.8, 4) is 0 Å². The first-order chi connectivity index (χ1) is 9.83. The predicted octanol–water partition coefficient (Wildman–Crippen LogP) is 3.45. The predicted molar refractivity (Wildman–Crippen MR) is 83.7 cm³/mol. The number of thiazole rings is 1. The molecule has 0 unspecified atom stereocenters. The van der Waals surface area contributed by atoms with Crippen LogP contribution in [0.4, 0.5) is 0 Å². The van der Waals surface area contributed by atoms with Gasteiger partial charge in [-0.15, -0.1) is 22.7 Å². The van der Waals surface area contributed by atoms with Crippen LogP contribution in [0.3, 0.4) is 0 Å². The van der Waals surface area contributed by atoms with Gasteiger partial charge in [-0.05, 0) is 43.6 Å². The summed E-state index contributed by atoms with van der Waals surface area (Å²) in [4.78, 5) is 18.8. The molecule has 0 spiro atoms. The van der Waals surface area contributed by atoms with Crippen molar-refractivity contribution in [3.63, 3.8) is 0 Å². The van der Waals surface area contributed by atoms with Crippen molar-refractivity contribution < 1.29 is 4.79 Å². The molecule has 0 radical (unpaired) electrons. The average molecular weight is 306 g/mol. The summed E-state index contributed by atoms with van der Waals surface area (Å²) in [7, 11) is 0. The molecule has 20 heavy (non-hydrogen) atoms. The molecule has 0 atom stereocenters. The lowest BCUT2D eigenvalue weighted by molar-refractivity contribution is 0.0957. The lowest BCUT2D eigenvalue weighted by Crippen LogP contribution is -2.23. The minimum Gasteiger partial charge on any atom is -0.351 e. The second-order valence-electron chi connectivity index (χ2n) is 5.02. The molecular weight excluding hydrogens is 288 g/mol. The first kappa shape index (κ1) is 13.8. The van der Waals surface area contributed by atoms with Gasteiger partial charge in [0.2, 0.25) is 0 Å². The van der Waals surface area contributed by atoms with Gasteiger partial charge in [-0.25, -0.2) is 4.98 Å². The van der Waals surface area contributed by atoms with E-state index in [9.17, 15) is 4.79 Å². The van der Waals surface area contributed by atoms with Crippen LogP contribution in [0.25, 0.3) is 0 Å². The largest absolute Gasteiger partial charge is 0.351 e. The van der Waals surface area contributed by atoms with Gasteiger partial charge >= 0.3 is 0 Å². The summed E-state index contributed by atoms with van der Waals surface area (Å²) in [6, 6.07) is 3.76. The van der Waals surface area contributed by atoms with E-state index in [2.05, 4.69) is 5.32 Å². The average Bonchev–Trinajstić information content (AvgIpc) is 3.11. The lowest BCUT2D eigenvalue weighted by atomic mass is 10.0. The summed E-state index contributed by atoms with van der Waals surface area (Å²) < 4.78 is 0. The number of rotatable bonds is 5. The molecule has 1 aliphatic carbocycles. The summed E-state index contributed by atoms with van der Waals surface area (Å²) in [5.74, 6) is 0.0402. The number of amides is 1. The zero-order valence-corrected chi connectivity index (χ0v) is 13.0. The van der Waals surface area contributed by atoms with Gasteiger partial charge in [0.05, 0.1) is 15.6 Å². The Bertz CT molecular complexity index is 551. The molecule has 0 fully saturated rings. The fourth-order valence-corrected chi connectivity index (χ4v) is 4.29. The van der Waals surface area contributed by atoms with Crippen molar-refractivity contribution in [1.29, 1.82) is 0 Å². The number of nitrogens with zero attached hydrogens (tertiary/aromatic N) is 1. The Morgan fingerprint density at radius 2 is 2.25 bits per heavy atom. The van der Waals surface area contributed by atoms with Gasteiger partial charge in [0.15, 0.2) is 0 Å². The highest BCUT2D eigenvalue weighted by atomic mass is 32.1. The smallest absolute Gasteiger partial charge is 0.261 e. The highest BCUT2D eigenvalue weighted by Gasteiger charge is 2.14. The number of fused-ring (bicyclic) bond motifs is 1. The maximum absolute atomic E-state index is 11.8. The molecule has 3 nitrogen and oxygen atoms in total. The summed E-state index contributed by atoms with van der Waals surface area (Å²) in [5.41, 5.74) is 1.33. The Labute approximate surface area is 127 Å². The molecule has 106 valence electrons. The van der Waals surface area contributed by atoms with E-state index in [0.29, 0.717) is 0 Å². The van der Waals surface area contributed by atoms with E-state index in [0.717, 1.165) is 30.7 Å². The molecule has 5 heteroatoms. The second-order valence-corrected chi connectivity index (χ2v) is 7.14. The number of hydrogen-bond acceptors (Lipinski definition) is 4. The fourth-order valence-electron chi connectivity index (χ4n) is 2.45. The molecule has 1 aliphatic rings. The van der Waals surface area contributed by atoms with Crippen molar-refractivity contribution in [2.24, 2.45) is 0 Å². The Morgan fingerprint density at radius 1 is 1.35 bits per heavy atom. The molecule has 0 bridgehead atoms. The molecule has 0 saturated carbocycles. The molecular formula is C15H18N2OS2. The Hall–Kier alpha value is -1.20. The number of carbonyl (C=O) groups excluding carboxylic acids is 1. The molecule has 0 aromatic carbocycles. The number of nitrogens with one attached hydrogen (secondary N) is 1. The number of aryl methyl sites for hydroxylation is 3. The number of aromatic nitrogens is 1. The fraction of sp³-hybridized carbons (Fsp3) is 0.467. The topological polar surface area (TPSA) is 42.0 Å². The third-order valence-corrected chi connectivity index (χ3v) is 5.57. The van der Waals surface area contributed by atoms with Crippen molar-refractivity contribution in [3.05, 3.63) is 38.0 Å².